The Hall–Kier alpha value is -2.29. The van der Waals surface area contributed by atoms with Gasteiger partial charge in [0.25, 0.3) is 10.0 Å². The summed E-state index contributed by atoms with van der Waals surface area (Å²) in [5.41, 5.74) is 2.46. The number of nitrogens with one attached hydrogen (secondary N) is 2. The van der Waals surface area contributed by atoms with Gasteiger partial charge in [0.2, 0.25) is 0 Å². The van der Waals surface area contributed by atoms with Gasteiger partial charge in [-0.25, -0.2) is 17.9 Å². The number of sulfonamides is 1. The lowest BCUT2D eigenvalue weighted by Gasteiger charge is -2.21. The first-order valence-corrected chi connectivity index (χ1v) is 11.8. The van der Waals surface area contributed by atoms with Gasteiger partial charge in [-0.2, -0.15) is 0 Å². The number of aliphatic hydroxyl groups is 1. The van der Waals surface area contributed by atoms with Crippen LogP contribution in [0.3, 0.4) is 0 Å². The molecule has 170 valence electrons. The second kappa shape index (κ2) is 9.89. The Labute approximate surface area is 188 Å². The van der Waals surface area contributed by atoms with E-state index in [1.807, 2.05) is 32.4 Å². The fraction of sp³-hybridized carbons (Fsp3) is 0.409. The van der Waals surface area contributed by atoms with E-state index in [4.69, 9.17) is 16.3 Å². The molecule has 0 aliphatic carbocycles. The molecule has 0 saturated carbocycles. The summed E-state index contributed by atoms with van der Waals surface area (Å²) >= 11 is 6.24. The zero-order valence-corrected chi connectivity index (χ0v) is 20.1. The SMILES string of the molecule is COc1ccc(S(=O)(=O)NC(=O)Nc2c(C(C)C)cc(Cl)cc2C(C)C)cc1C(C)O. The Morgan fingerprint density at radius 2 is 1.55 bits per heavy atom. The summed E-state index contributed by atoms with van der Waals surface area (Å²) in [7, 11) is -2.77. The van der Waals surface area contributed by atoms with Crippen LogP contribution in [0.4, 0.5) is 10.5 Å². The van der Waals surface area contributed by atoms with Crippen LogP contribution in [0.5, 0.6) is 5.75 Å². The largest absolute Gasteiger partial charge is 0.496 e. The number of carbonyl (C=O) groups is 1. The summed E-state index contributed by atoms with van der Waals surface area (Å²) in [4.78, 5) is 12.5. The predicted octanol–water partition coefficient (Wildman–Crippen LogP) is 5.16. The number of amides is 2. The number of hydrogen-bond acceptors (Lipinski definition) is 5. The van der Waals surface area contributed by atoms with Gasteiger partial charge in [0.15, 0.2) is 0 Å². The molecule has 2 aromatic rings. The number of aliphatic hydroxyl groups excluding tert-OH is 1. The predicted molar refractivity (Wildman–Crippen MR) is 123 cm³/mol. The third kappa shape index (κ3) is 5.90. The van der Waals surface area contributed by atoms with Gasteiger partial charge in [0.05, 0.1) is 18.1 Å². The topological polar surface area (TPSA) is 105 Å². The summed E-state index contributed by atoms with van der Waals surface area (Å²) in [6.45, 7) is 9.35. The summed E-state index contributed by atoms with van der Waals surface area (Å²) in [5.74, 6) is 0.458. The summed E-state index contributed by atoms with van der Waals surface area (Å²) in [6, 6.07) is 6.66. The molecular formula is C22H29ClN2O5S. The number of urea groups is 1. The van der Waals surface area contributed by atoms with Gasteiger partial charge in [-0.05, 0) is 60.2 Å². The minimum absolute atomic E-state index is 0.0540. The second-order valence-corrected chi connectivity index (χ2v) is 10.0. The monoisotopic (exact) mass is 468 g/mol. The minimum Gasteiger partial charge on any atom is -0.496 e. The molecule has 0 aliphatic heterocycles. The smallest absolute Gasteiger partial charge is 0.333 e. The van der Waals surface area contributed by atoms with Crippen LogP contribution in [0.2, 0.25) is 5.02 Å². The number of anilines is 1. The van der Waals surface area contributed by atoms with E-state index >= 15 is 0 Å². The van der Waals surface area contributed by atoms with Crippen molar-refractivity contribution in [2.45, 2.75) is 57.5 Å². The van der Waals surface area contributed by atoms with Crippen molar-refractivity contribution < 1.29 is 23.1 Å². The van der Waals surface area contributed by atoms with Crippen LogP contribution in [0, 0.1) is 0 Å². The minimum atomic E-state index is -4.19. The van der Waals surface area contributed by atoms with Crippen LogP contribution >= 0.6 is 11.6 Å². The lowest BCUT2D eigenvalue weighted by atomic mass is 9.92. The number of benzene rings is 2. The standard InChI is InChI=1S/C22H29ClN2O5S/c1-12(2)17-9-15(23)10-18(13(3)4)21(17)24-22(27)25-31(28,29)16-7-8-20(30-6)19(11-16)14(5)26/h7-14,26H,1-6H3,(H2,24,25,27). The van der Waals surface area contributed by atoms with Gasteiger partial charge in [-0.15, -0.1) is 0 Å². The van der Waals surface area contributed by atoms with Crippen LogP contribution in [0.1, 0.15) is 69.2 Å². The zero-order chi connectivity index (χ0) is 23.5. The van der Waals surface area contributed by atoms with Crippen molar-refractivity contribution >= 4 is 33.3 Å². The fourth-order valence-corrected chi connectivity index (χ4v) is 4.41. The molecule has 0 radical (unpaired) electrons. The van der Waals surface area contributed by atoms with Crippen molar-refractivity contribution in [2.75, 3.05) is 12.4 Å². The lowest BCUT2D eigenvalue weighted by Crippen LogP contribution is -2.35. The number of methoxy groups -OCH3 is 1. The van der Waals surface area contributed by atoms with E-state index in [2.05, 4.69) is 5.32 Å². The normalized spacial score (nSPS) is 12.7. The van der Waals surface area contributed by atoms with Crippen molar-refractivity contribution in [3.8, 4) is 5.75 Å². The zero-order valence-electron chi connectivity index (χ0n) is 18.5. The van der Waals surface area contributed by atoms with E-state index in [0.717, 1.165) is 11.1 Å². The molecule has 0 fully saturated rings. The van der Waals surface area contributed by atoms with E-state index in [1.165, 1.54) is 32.2 Å². The Kier molecular flexibility index (Phi) is 7.97. The van der Waals surface area contributed by atoms with E-state index in [0.29, 0.717) is 22.0 Å². The maximum absolute atomic E-state index is 12.8. The van der Waals surface area contributed by atoms with Gasteiger partial charge >= 0.3 is 6.03 Å². The maximum atomic E-state index is 12.8. The van der Waals surface area contributed by atoms with Gasteiger partial charge in [0.1, 0.15) is 5.75 Å². The van der Waals surface area contributed by atoms with Gasteiger partial charge in [0, 0.05) is 16.3 Å². The van der Waals surface area contributed by atoms with E-state index in [-0.39, 0.29) is 16.7 Å². The lowest BCUT2D eigenvalue weighted by molar-refractivity contribution is 0.194. The molecule has 2 rings (SSSR count). The molecule has 0 aromatic heterocycles. The average molecular weight is 469 g/mol. The Bertz CT molecular complexity index is 1040. The highest BCUT2D eigenvalue weighted by molar-refractivity contribution is 7.90. The van der Waals surface area contributed by atoms with Crippen molar-refractivity contribution in [2.24, 2.45) is 0 Å². The Balaban J connectivity index is 2.38. The van der Waals surface area contributed by atoms with Crippen molar-refractivity contribution in [3.63, 3.8) is 0 Å². The Morgan fingerprint density at radius 1 is 1.00 bits per heavy atom. The Morgan fingerprint density at radius 3 is 2.00 bits per heavy atom. The molecule has 0 bridgehead atoms. The van der Waals surface area contributed by atoms with E-state index in [9.17, 15) is 18.3 Å². The van der Waals surface area contributed by atoms with Gasteiger partial charge in [-0.3, -0.25) is 0 Å². The fourth-order valence-electron chi connectivity index (χ4n) is 3.23. The van der Waals surface area contributed by atoms with Crippen LogP contribution in [0.15, 0.2) is 35.2 Å². The molecule has 0 aliphatic rings. The van der Waals surface area contributed by atoms with Crippen LogP contribution in [-0.4, -0.2) is 26.7 Å². The second-order valence-electron chi connectivity index (χ2n) is 7.91. The summed E-state index contributed by atoms with van der Waals surface area (Å²) in [5, 5.41) is 13.1. The van der Waals surface area contributed by atoms with Crippen LogP contribution in [0.25, 0.3) is 0 Å². The first-order chi connectivity index (χ1) is 14.4. The molecule has 7 nitrogen and oxygen atoms in total. The third-order valence-electron chi connectivity index (χ3n) is 4.84. The third-order valence-corrected chi connectivity index (χ3v) is 6.38. The van der Waals surface area contributed by atoms with Crippen LogP contribution < -0.4 is 14.8 Å². The van der Waals surface area contributed by atoms with Crippen molar-refractivity contribution in [3.05, 3.63) is 52.0 Å². The molecule has 3 N–H and O–H groups in total. The van der Waals surface area contributed by atoms with Crippen LogP contribution in [-0.2, 0) is 10.0 Å². The highest BCUT2D eigenvalue weighted by Gasteiger charge is 2.23. The summed E-state index contributed by atoms with van der Waals surface area (Å²) < 4.78 is 32.8. The molecule has 0 spiro atoms. The molecule has 0 heterocycles. The van der Waals surface area contributed by atoms with Crippen molar-refractivity contribution in [1.82, 2.24) is 4.72 Å². The molecule has 2 amide bonds. The molecule has 1 unspecified atom stereocenters. The molecular weight excluding hydrogens is 440 g/mol. The quantitative estimate of drug-likeness (QED) is 0.520. The van der Waals surface area contributed by atoms with Gasteiger partial charge < -0.3 is 15.2 Å². The van der Waals surface area contributed by atoms with E-state index in [1.54, 1.807) is 12.1 Å². The highest BCUT2D eigenvalue weighted by atomic mass is 35.5. The molecule has 1 atom stereocenters. The maximum Gasteiger partial charge on any atom is 0.333 e. The molecule has 9 heteroatoms. The first-order valence-electron chi connectivity index (χ1n) is 9.90. The van der Waals surface area contributed by atoms with E-state index < -0.39 is 22.2 Å². The molecule has 2 aromatic carbocycles. The number of halogens is 1. The number of ether oxygens (including phenoxy) is 1. The molecule has 0 saturated heterocycles. The number of hydrogen-bond donors (Lipinski definition) is 3. The summed E-state index contributed by atoms with van der Waals surface area (Å²) in [6.07, 6.45) is -0.949. The first kappa shape index (κ1) is 25.0. The highest BCUT2D eigenvalue weighted by Crippen LogP contribution is 2.35. The number of rotatable bonds is 7. The van der Waals surface area contributed by atoms with Gasteiger partial charge in [-0.1, -0.05) is 39.3 Å². The number of carbonyl (C=O) groups excluding carboxylic acids is 1. The average Bonchev–Trinajstić information content (AvgIpc) is 2.67. The molecule has 31 heavy (non-hydrogen) atoms. The van der Waals surface area contributed by atoms with Crippen molar-refractivity contribution in [1.29, 1.82) is 0 Å².